The number of carbonyl (C=O) groups excluding carboxylic acids is 1. The number of ether oxygens (including phenoxy) is 1. The van der Waals surface area contributed by atoms with E-state index in [1.807, 2.05) is 36.5 Å². The number of carbonyl (C=O) groups is 1. The number of methoxy groups -OCH3 is 1. The van der Waals surface area contributed by atoms with E-state index in [4.69, 9.17) is 4.74 Å². The van der Waals surface area contributed by atoms with E-state index in [2.05, 4.69) is 27.3 Å². The second-order valence-corrected chi connectivity index (χ2v) is 8.65. The molecule has 1 aliphatic heterocycles. The summed E-state index contributed by atoms with van der Waals surface area (Å²) in [4.78, 5) is 19.9. The van der Waals surface area contributed by atoms with E-state index in [1.54, 1.807) is 7.11 Å². The molecule has 1 aromatic heterocycles. The third-order valence-electron chi connectivity index (χ3n) is 6.64. The quantitative estimate of drug-likeness (QED) is 0.700. The van der Waals surface area contributed by atoms with Gasteiger partial charge >= 0.3 is 0 Å². The molecule has 1 saturated heterocycles. The van der Waals surface area contributed by atoms with Crippen molar-refractivity contribution in [1.29, 1.82) is 0 Å². The SMILES string of the molecule is COc1ccc(CN2CCCC[C@@H]2C[C@@H](NC(=O)C2CCC2)c2ccccn2)cc1. The number of pyridine rings is 1. The van der Waals surface area contributed by atoms with Crippen molar-refractivity contribution >= 4 is 5.91 Å². The molecule has 1 saturated carbocycles. The number of hydrogen-bond donors (Lipinski definition) is 1. The molecule has 1 amide bonds. The minimum absolute atomic E-state index is 0.0271. The minimum Gasteiger partial charge on any atom is -0.497 e. The number of hydrogen-bond acceptors (Lipinski definition) is 4. The van der Waals surface area contributed by atoms with E-state index in [-0.39, 0.29) is 17.9 Å². The maximum atomic E-state index is 12.7. The van der Waals surface area contributed by atoms with Crippen molar-refractivity contribution in [3.05, 3.63) is 59.9 Å². The number of nitrogens with one attached hydrogen (secondary N) is 1. The molecule has 1 N–H and O–H groups in total. The highest BCUT2D eigenvalue weighted by molar-refractivity contribution is 5.79. The van der Waals surface area contributed by atoms with Gasteiger partial charge in [-0.15, -0.1) is 0 Å². The summed E-state index contributed by atoms with van der Waals surface area (Å²) in [5, 5.41) is 3.34. The molecule has 4 rings (SSSR count). The molecular weight excluding hydrogens is 374 g/mol. The Hall–Kier alpha value is -2.40. The van der Waals surface area contributed by atoms with E-state index in [1.165, 1.54) is 31.2 Å². The van der Waals surface area contributed by atoms with Crippen LogP contribution in [-0.2, 0) is 11.3 Å². The zero-order chi connectivity index (χ0) is 20.8. The van der Waals surface area contributed by atoms with Gasteiger partial charge < -0.3 is 10.1 Å². The van der Waals surface area contributed by atoms with Crippen LogP contribution < -0.4 is 10.1 Å². The standard InChI is InChI=1S/C25H33N3O2/c1-30-22-13-11-19(12-14-22)18-28-16-5-3-9-21(28)17-24(23-10-2-4-15-26-23)27-25(29)20-7-6-8-20/h2,4,10-15,20-21,24H,3,5-9,16-18H2,1H3,(H,27,29)/t21-,24-/m1/s1. The Bertz CT molecular complexity index is 805. The molecule has 0 spiro atoms. The van der Waals surface area contributed by atoms with Crippen LogP contribution >= 0.6 is 0 Å². The molecule has 2 heterocycles. The average Bonchev–Trinajstić information content (AvgIpc) is 2.74. The smallest absolute Gasteiger partial charge is 0.223 e. The van der Waals surface area contributed by atoms with Crippen LogP contribution in [0.2, 0.25) is 0 Å². The normalized spacial score (nSPS) is 20.9. The summed E-state index contributed by atoms with van der Waals surface area (Å²) in [6, 6.07) is 14.8. The van der Waals surface area contributed by atoms with Gasteiger partial charge in [-0.3, -0.25) is 14.7 Å². The number of amides is 1. The largest absolute Gasteiger partial charge is 0.497 e. The molecule has 1 aromatic carbocycles. The highest BCUT2D eigenvalue weighted by Crippen LogP contribution is 2.30. The van der Waals surface area contributed by atoms with Crippen molar-refractivity contribution in [2.75, 3.05) is 13.7 Å². The molecule has 30 heavy (non-hydrogen) atoms. The van der Waals surface area contributed by atoms with Crippen LogP contribution in [0.3, 0.4) is 0 Å². The fraction of sp³-hybridized carbons (Fsp3) is 0.520. The van der Waals surface area contributed by atoms with E-state index >= 15 is 0 Å². The van der Waals surface area contributed by atoms with Gasteiger partial charge in [0.2, 0.25) is 5.91 Å². The first kappa shape index (κ1) is 20.9. The van der Waals surface area contributed by atoms with Gasteiger partial charge in [0.15, 0.2) is 0 Å². The van der Waals surface area contributed by atoms with E-state index in [0.717, 1.165) is 43.8 Å². The van der Waals surface area contributed by atoms with Crippen LogP contribution in [0.4, 0.5) is 0 Å². The summed E-state index contributed by atoms with van der Waals surface area (Å²) in [5.41, 5.74) is 2.27. The molecule has 2 fully saturated rings. The Morgan fingerprint density at radius 3 is 2.63 bits per heavy atom. The molecule has 0 bridgehead atoms. The number of nitrogens with zero attached hydrogens (tertiary/aromatic N) is 2. The van der Waals surface area contributed by atoms with Crippen LogP contribution in [0.15, 0.2) is 48.7 Å². The molecular formula is C25H33N3O2. The van der Waals surface area contributed by atoms with Gasteiger partial charge in [-0.25, -0.2) is 0 Å². The molecule has 2 aliphatic rings. The number of piperidine rings is 1. The molecule has 5 heteroatoms. The van der Waals surface area contributed by atoms with Crippen LogP contribution in [0, 0.1) is 5.92 Å². The Balaban J connectivity index is 1.46. The Kier molecular flexibility index (Phi) is 7.00. The topological polar surface area (TPSA) is 54.5 Å². The van der Waals surface area contributed by atoms with Crippen molar-refractivity contribution in [3.8, 4) is 5.75 Å². The van der Waals surface area contributed by atoms with E-state index in [9.17, 15) is 4.79 Å². The fourth-order valence-electron chi connectivity index (χ4n) is 4.57. The molecule has 160 valence electrons. The van der Waals surface area contributed by atoms with Gasteiger partial charge in [0, 0.05) is 24.7 Å². The predicted octanol–water partition coefficient (Wildman–Crippen LogP) is 4.49. The number of likely N-dealkylation sites (tertiary alicyclic amines) is 1. The maximum Gasteiger partial charge on any atom is 0.223 e. The van der Waals surface area contributed by atoms with Crippen LogP contribution in [0.5, 0.6) is 5.75 Å². The zero-order valence-corrected chi connectivity index (χ0v) is 17.9. The van der Waals surface area contributed by atoms with Crippen LogP contribution in [-0.4, -0.2) is 35.5 Å². The molecule has 5 nitrogen and oxygen atoms in total. The van der Waals surface area contributed by atoms with Crippen LogP contribution in [0.25, 0.3) is 0 Å². The summed E-state index contributed by atoms with van der Waals surface area (Å²) in [6.07, 6.45) is 9.59. The molecule has 0 radical (unpaired) electrons. The lowest BCUT2D eigenvalue weighted by atomic mass is 9.84. The second kappa shape index (κ2) is 10.1. The first-order chi connectivity index (χ1) is 14.7. The number of aromatic nitrogens is 1. The Labute approximate surface area is 179 Å². The van der Waals surface area contributed by atoms with Crippen molar-refractivity contribution in [2.24, 2.45) is 5.92 Å². The Morgan fingerprint density at radius 1 is 1.13 bits per heavy atom. The van der Waals surface area contributed by atoms with Crippen LogP contribution in [0.1, 0.15) is 62.2 Å². The van der Waals surface area contributed by atoms with Gasteiger partial charge in [-0.2, -0.15) is 0 Å². The van der Waals surface area contributed by atoms with Crippen molar-refractivity contribution in [1.82, 2.24) is 15.2 Å². The number of rotatable bonds is 8. The van der Waals surface area contributed by atoms with Gasteiger partial charge in [-0.1, -0.05) is 31.0 Å². The zero-order valence-electron chi connectivity index (χ0n) is 17.9. The highest BCUT2D eigenvalue weighted by atomic mass is 16.5. The van der Waals surface area contributed by atoms with Gasteiger partial charge in [0.1, 0.15) is 5.75 Å². The lowest BCUT2D eigenvalue weighted by Gasteiger charge is -2.38. The summed E-state index contributed by atoms with van der Waals surface area (Å²) in [6.45, 7) is 2.03. The Morgan fingerprint density at radius 2 is 1.97 bits per heavy atom. The maximum absolute atomic E-state index is 12.7. The summed E-state index contributed by atoms with van der Waals surface area (Å²) in [5.74, 6) is 1.29. The first-order valence-corrected chi connectivity index (χ1v) is 11.3. The first-order valence-electron chi connectivity index (χ1n) is 11.3. The lowest BCUT2D eigenvalue weighted by Crippen LogP contribution is -2.44. The molecule has 0 unspecified atom stereocenters. The average molecular weight is 408 g/mol. The van der Waals surface area contributed by atoms with Gasteiger partial charge in [0.05, 0.1) is 18.8 Å². The van der Waals surface area contributed by atoms with Crippen molar-refractivity contribution in [3.63, 3.8) is 0 Å². The molecule has 1 aliphatic carbocycles. The summed E-state index contributed by atoms with van der Waals surface area (Å²) >= 11 is 0. The summed E-state index contributed by atoms with van der Waals surface area (Å²) < 4.78 is 5.29. The predicted molar refractivity (Wildman–Crippen MR) is 118 cm³/mol. The third-order valence-corrected chi connectivity index (χ3v) is 6.64. The molecule has 2 aromatic rings. The van der Waals surface area contributed by atoms with E-state index in [0.29, 0.717) is 6.04 Å². The molecule has 2 atom stereocenters. The van der Waals surface area contributed by atoms with Gasteiger partial charge in [0.25, 0.3) is 0 Å². The third kappa shape index (κ3) is 5.20. The van der Waals surface area contributed by atoms with Crippen molar-refractivity contribution in [2.45, 2.75) is 63.6 Å². The number of benzene rings is 1. The fourth-order valence-corrected chi connectivity index (χ4v) is 4.57. The second-order valence-electron chi connectivity index (χ2n) is 8.65. The monoisotopic (exact) mass is 407 g/mol. The lowest BCUT2D eigenvalue weighted by molar-refractivity contribution is -0.128. The van der Waals surface area contributed by atoms with Gasteiger partial charge in [-0.05, 0) is 68.5 Å². The highest BCUT2D eigenvalue weighted by Gasteiger charge is 2.31. The summed E-state index contributed by atoms with van der Waals surface area (Å²) in [7, 11) is 1.70. The van der Waals surface area contributed by atoms with Crippen molar-refractivity contribution < 1.29 is 9.53 Å². The van der Waals surface area contributed by atoms with E-state index < -0.39 is 0 Å². The minimum atomic E-state index is -0.0271.